The minimum absolute atomic E-state index is 0.111. The summed E-state index contributed by atoms with van der Waals surface area (Å²) in [5, 5.41) is 0. The van der Waals surface area contributed by atoms with Crippen molar-refractivity contribution in [2.24, 2.45) is 59.2 Å². The molecule has 2 aromatic rings. The Morgan fingerprint density at radius 3 is 1.81 bits per heavy atom. The lowest BCUT2D eigenvalue weighted by molar-refractivity contribution is -0.122. The predicted octanol–water partition coefficient (Wildman–Crippen LogP) is 8.27. The van der Waals surface area contributed by atoms with Gasteiger partial charge < -0.3 is 0 Å². The van der Waals surface area contributed by atoms with E-state index in [0.29, 0.717) is 17.6 Å². The second-order valence-corrected chi connectivity index (χ2v) is 13.7. The van der Waals surface area contributed by atoms with E-state index >= 15 is 0 Å². The summed E-state index contributed by atoms with van der Waals surface area (Å²) >= 11 is 0. The van der Waals surface area contributed by atoms with Gasteiger partial charge in [-0.1, -0.05) is 86.3 Å². The summed E-state index contributed by atoms with van der Waals surface area (Å²) in [5.74, 6) is 9.23. The van der Waals surface area contributed by atoms with Gasteiger partial charge in [0.1, 0.15) is 5.78 Å². The molecule has 0 aliphatic heterocycles. The van der Waals surface area contributed by atoms with Crippen LogP contribution in [0.15, 0.2) is 60.7 Å². The Bertz CT molecular complexity index is 1110. The van der Waals surface area contributed by atoms with Crippen molar-refractivity contribution in [2.45, 2.75) is 76.0 Å². The van der Waals surface area contributed by atoms with Crippen molar-refractivity contribution in [2.75, 3.05) is 0 Å². The standard InChI is InChI=1S/C35H42O/c36-35-30(22-11-3-1-4-12-22)33-27-17-9-16-26-25-19-18-21-10-7-8-15-24(21)28(25)20-29(32(26)27)34(33)31(35)23-13-5-2-6-14-23/h1-6,11-14,21,24-34H,7-10,15-20H2. The SMILES string of the molecule is O=C1C(c2ccccc2)C2C3CCCC4C5CCC6CCCCC6C5CC(C43)C2C1c1ccccc1. The minimum atomic E-state index is 0.111. The summed E-state index contributed by atoms with van der Waals surface area (Å²) < 4.78 is 0. The summed E-state index contributed by atoms with van der Waals surface area (Å²) in [4.78, 5) is 14.5. The van der Waals surface area contributed by atoms with E-state index in [0.717, 1.165) is 47.3 Å². The quantitative estimate of drug-likeness (QED) is 0.424. The molecule has 6 saturated carbocycles. The van der Waals surface area contributed by atoms with Gasteiger partial charge in [0.15, 0.2) is 0 Å². The molecule has 0 heterocycles. The molecule has 6 aliphatic rings. The maximum Gasteiger partial charge on any atom is 0.148 e. The van der Waals surface area contributed by atoms with Gasteiger partial charge in [-0.15, -0.1) is 0 Å². The molecule has 6 aliphatic carbocycles. The number of carbonyl (C=O) groups excluding carboxylic acids is 1. The highest BCUT2D eigenvalue weighted by molar-refractivity contribution is 5.95. The Hall–Kier alpha value is -1.89. The molecule has 188 valence electrons. The number of Topliss-reactive ketones (excluding diaryl/α,β-unsaturated/α-hetero) is 1. The third-order valence-electron chi connectivity index (χ3n) is 12.7. The molecular formula is C35H42O. The van der Waals surface area contributed by atoms with Crippen molar-refractivity contribution in [1.82, 2.24) is 0 Å². The van der Waals surface area contributed by atoms with E-state index in [1.54, 1.807) is 0 Å². The second kappa shape index (κ2) is 8.57. The zero-order valence-electron chi connectivity index (χ0n) is 21.7. The molecule has 8 rings (SSSR count). The smallest absolute Gasteiger partial charge is 0.148 e. The first-order valence-corrected chi connectivity index (χ1v) is 15.4. The molecule has 12 atom stereocenters. The maximum atomic E-state index is 14.5. The molecule has 0 radical (unpaired) electrons. The Balaban J connectivity index is 1.25. The fourth-order valence-corrected chi connectivity index (χ4v) is 11.9. The summed E-state index contributed by atoms with van der Waals surface area (Å²) in [5.41, 5.74) is 2.62. The largest absolute Gasteiger partial charge is 0.298 e. The first-order valence-electron chi connectivity index (χ1n) is 15.4. The van der Waals surface area contributed by atoms with E-state index in [1.807, 2.05) is 0 Å². The Morgan fingerprint density at radius 2 is 1.08 bits per heavy atom. The second-order valence-electron chi connectivity index (χ2n) is 13.7. The van der Waals surface area contributed by atoms with Gasteiger partial charge in [0, 0.05) is 11.8 Å². The number of rotatable bonds is 2. The summed E-state index contributed by atoms with van der Waals surface area (Å²) in [7, 11) is 0. The fraction of sp³-hybridized carbons (Fsp3) is 0.629. The van der Waals surface area contributed by atoms with Gasteiger partial charge in [-0.05, 0) is 109 Å². The monoisotopic (exact) mass is 478 g/mol. The molecule has 0 bridgehead atoms. The van der Waals surface area contributed by atoms with Crippen LogP contribution in [-0.2, 0) is 4.79 Å². The zero-order valence-corrected chi connectivity index (χ0v) is 21.7. The average Bonchev–Trinajstić information content (AvgIpc) is 3.42. The van der Waals surface area contributed by atoms with Crippen molar-refractivity contribution in [3.8, 4) is 0 Å². The molecule has 12 unspecified atom stereocenters. The topological polar surface area (TPSA) is 17.1 Å². The molecule has 6 fully saturated rings. The van der Waals surface area contributed by atoms with E-state index in [4.69, 9.17) is 0 Å². The molecule has 36 heavy (non-hydrogen) atoms. The van der Waals surface area contributed by atoms with Crippen LogP contribution in [0.2, 0.25) is 0 Å². The van der Waals surface area contributed by atoms with Gasteiger partial charge in [-0.3, -0.25) is 4.79 Å². The van der Waals surface area contributed by atoms with Gasteiger partial charge >= 0.3 is 0 Å². The number of ketones is 1. The fourth-order valence-electron chi connectivity index (χ4n) is 11.9. The number of fused-ring (bicyclic) bond motifs is 7. The number of hydrogen-bond donors (Lipinski definition) is 0. The minimum Gasteiger partial charge on any atom is -0.298 e. The number of carbonyl (C=O) groups is 1. The number of hydrogen-bond acceptors (Lipinski definition) is 1. The number of benzene rings is 2. The lowest BCUT2D eigenvalue weighted by atomic mass is 9.48. The first kappa shape index (κ1) is 22.1. The van der Waals surface area contributed by atoms with Gasteiger partial charge in [-0.2, -0.15) is 0 Å². The van der Waals surface area contributed by atoms with E-state index in [1.165, 1.54) is 75.3 Å². The highest BCUT2D eigenvalue weighted by Crippen LogP contribution is 2.72. The van der Waals surface area contributed by atoms with Crippen molar-refractivity contribution in [1.29, 1.82) is 0 Å². The third-order valence-corrected chi connectivity index (χ3v) is 12.7. The molecule has 2 aromatic carbocycles. The summed E-state index contributed by atoms with van der Waals surface area (Å²) in [6, 6.07) is 22.0. The lowest BCUT2D eigenvalue weighted by Gasteiger charge is -2.57. The molecule has 1 heteroatoms. The van der Waals surface area contributed by atoms with Crippen molar-refractivity contribution >= 4 is 5.78 Å². The highest BCUT2D eigenvalue weighted by Gasteiger charge is 2.67. The van der Waals surface area contributed by atoms with Gasteiger partial charge in [0.2, 0.25) is 0 Å². The Labute approximate surface area is 217 Å². The van der Waals surface area contributed by atoms with Gasteiger partial charge in [-0.25, -0.2) is 0 Å². The predicted molar refractivity (Wildman–Crippen MR) is 144 cm³/mol. The van der Waals surface area contributed by atoms with Crippen molar-refractivity contribution in [3.63, 3.8) is 0 Å². The van der Waals surface area contributed by atoms with Crippen molar-refractivity contribution in [3.05, 3.63) is 71.8 Å². The lowest BCUT2D eigenvalue weighted by Crippen LogP contribution is -2.50. The molecule has 0 N–H and O–H groups in total. The highest BCUT2D eigenvalue weighted by atomic mass is 16.1. The molecule has 1 nitrogen and oxygen atoms in total. The maximum absolute atomic E-state index is 14.5. The normalized spacial score (nSPS) is 46.9. The van der Waals surface area contributed by atoms with E-state index in [-0.39, 0.29) is 11.8 Å². The van der Waals surface area contributed by atoms with Crippen LogP contribution in [0.5, 0.6) is 0 Å². The van der Waals surface area contributed by atoms with Crippen LogP contribution >= 0.6 is 0 Å². The van der Waals surface area contributed by atoms with Crippen LogP contribution in [0.4, 0.5) is 0 Å². The summed E-state index contributed by atoms with van der Waals surface area (Å²) in [6.07, 6.45) is 14.7. The Morgan fingerprint density at radius 1 is 0.472 bits per heavy atom. The van der Waals surface area contributed by atoms with Crippen LogP contribution in [0.1, 0.15) is 87.2 Å². The first-order chi connectivity index (χ1) is 17.8. The van der Waals surface area contributed by atoms with Gasteiger partial charge in [0.25, 0.3) is 0 Å². The van der Waals surface area contributed by atoms with Crippen LogP contribution in [-0.4, -0.2) is 5.78 Å². The van der Waals surface area contributed by atoms with E-state index in [9.17, 15) is 4.79 Å². The van der Waals surface area contributed by atoms with Crippen LogP contribution in [0, 0.1) is 59.2 Å². The van der Waals surface area contributed by atoms with Gasteiger partial charge in [0.05, 0.1) is 0 Å². The van der Waals surface area contributed by atoms with Crippen molar-refractivity contribution < 1.29 is 4.79 Å². The molecule has 0 aromatic heterocycles. The summed E-state index contributed by atoms with van der Waals surface area (Å²) in [6.45, 7) is 0. The van der Waals surface area contributed by atoms with Crippen LogP contribution < -0.4 is 0 Å². The van der Waals surface area contributed by atoms with Crippen LogP contribution in [0.3, 0.4) is 0 Å². The molecule has 0 spiro atoms. The molecule has 0 amide bonds. The zero-order chi connectivity index (χ0) is 23.8. The Kier molecular flexibility index (Phi) is 5.27. The third kappa shape index (κ3) is 3.10. The van der Waals surface area contributed by atoms with E-state index < -0.39 is 0 Å². The average molecular weight is 479 g/mol. The van der Waals surface area contributed by atoms with E-state index in [2.05, 4.69) is 60.7 Å². The molecular weight excluding hydrogens is 436 g/mol. The van der Waals surface area contributed by atoms with Crippen LogP contribution in [0.25, 0.3) is 0 Å². The molecule has 0 saturated heterocycles.